The number of halogens is 1. The quantitative estimate of drug-likeness (QED) is 0.220. The predicted molar refractivity (Wildman–Crippen MR) is 151 cm³/mol. The molecule has 3 aromatic heterocycles. The summed E-state index contributed by atoms with van der Waals surface area (Å²) in [4.78, 5) is 27.0. The lowest BCUT2D eigenvalue weighted by Crippen LogP contribution is -2.14. The number of ketones is 1. The molecule has 0 bridgehead atoms. The molecule has 1 aromatic carbocycles. The monoisotopic (exact) mass is 528 g/mol. The van der Waals surface area contributed by atoms with Gasteiger partial charge in [0.25, 0.3) is 0 Å². The van der Waals surface area contributed by atoms with Gasteiger partial charge in [0, 0.05) is 37.4 Å². The fraction of sp³-hybridized carbons (Fsp3) is 0.267. The number of carbonyl (C=O) groups is 1. The van der Waals surface area contributed by atoms with Crippen LogP contribution >= 0.6 is 11.3 Å². The van der Waals surface area contributed by atoms with Crippen LogP contribution in [0.1, 0.15) is 37.9 Å². The van der Waals surface area contributed by atoms with E-state index in [-0.39, 0.29) is 24.4 Å². The number of pyridine rings is 2. The van der Waals surface area contributed by atoms with E-state index in [1.165, 1.54) is 17.4 Å². The van der Waals surface area contributed by atoms with Gasteiger partial charge in [-0.2, -0.15) is 0 Å². The molecular weight excluding hydrogens is 499 g/mol. The Morgan fingerprint density at radius 2 is 2.03 bits per heavy atom. The number of nitrogens with zero attached hydrogens (tertiary/aromatic N) is 3. The summed E-state index contributed by atoms with van der Waals surface area (Å²) in [5.74, 6) is 0.115. The first-order chi connectivity index (χ1) is 18.5. The first-order valence-corrected chi connectivity index (χ1v) is 13.5. The zero-order valence-corrected chi connectivity index (χ0v) is 22.3. The van der Waals surface area contributed by atoms with Gasteiger partial charge in [-0.3, -0.25) is 19.8 Å². The number of aliphatic imine (C=N–C) groups is 1. The molecule has 1 aliphatic rings. The minimum atomic E-state index is -0.514. The molecule has 1 aliphatic heterocycles. The van der Waals surface area contributed by atoms with Crippen molar-refractivity contribution in [1.82, 2.24) is 15.3 Å². The Kier molecular flexibility index (Phi) is 8.00. The number of nitrogens with one attached hydrogen (secondary N) is 1. The minimum Gasteiger partial charge on any atom is -0.453 e. The van der Waals surface area contributed by atoms with Crippen LogP contribution in [0.3, 0.4) is 0 Å². The maximum atomic E-state index is 15.0. The number of hydrogen-bond donors (Lipinski definition) is 1. The molecule has 1 N–H and O–H groups in total. The lowest BCUT2D eigenvalue weighted by Gasteiger charge is -2.09. The van der Waals surface area contributed by atoms with Crippen molar-refractivity contribution >= 4 is 33.0 Å². The molecule has 5 rings (SSSR count). The van der Waals surface area contributed by atoms with Crippen LogP contribution in [0.5, 0.6) is 11.5 Å². The minimum absolute atomic E-state index is 0.00329. The lowest BCUT2D eigenvalue weighted by molar-refractivity contribution is -0.117. The summed E-state index contributed by atoms with van der Waals surface area (Å²) in [5, 5.41) is 3.38. The Hall–Kier alpha value is -3.75. The number of ether oxygens (including phenoxy) is 1. The van der Waals surface area contributed by atoms with Crippen molar-refractivity contribution in [2.45, 2.75) is 39.7 Å². The van der Waals surface area contributed by atoms with E-state index >= 15 is 0 Å². The van der Waals surface area contributed by atoms with E-state index in [2.05, 4.69) is 22.2 Å². The number of benzene rings is 1. The second-order valence-corrected chi connectivity index (χ2v) is 10.4. The van der Waals surface area contributed by atoms with E-state index in [0.29, 0.717) is 24.4 Å². The fourth-order valence-corrected chi connectivity index (χ4v) is 5.32. The van der Waals surface area contributed by atoms with Crippen LogP contribution in [0.2, 0.25) is 0 Å². The largest absolute Gasteiger partial charge is 0.453 e. The Balaban J connectivity index is 1.31. The Morgan fingerprint density at radius 1 is 1.13 bits per heavy atom. The molecule has 0 radical (unpaired) electrons. The highest BCUT2D eigenvalue weighted by Crippen LogP contribution is 2.39. The van der Waals surface area contributed by atoms with E-state index in [4.69, 9.17) is 9.72 Å². The van der Waals surface area contributed by atoms with E-state index < -0.39 is 5.82 Å². The molecule has 38 heavy (non-hydrogen) atoms. The van der Waals surface area contributed by atoms with Gasteiger partial charge in [0.2, 0.25) is 0 Å². The number of aromatic nitrogens is 2. The summed E-state index contributed by atoms with van der Waals surface area (Å²) >= 11 is 1.51. The van der Waals surface area contributed by atoms with Crippen LogP contribution in [0.15, 0.2) is 71.4 Å². The van der Waals surface area contributed by atoms with Gasteiger partial charge in [-0.15, -0.1) is 11.3 Å². The van der Waals surface area contributed by atoms with E-state index in [0.717, 1.165) is 50.7 Å². The van der Waals surface area contributed by atoms with Gasteiger partial charge >= 0.3 is 0 Å². The summed E-state index contributed by atoms with van der Waals surface area (Å²) in [7, 11) is 0. The molecule has 8 heteroatoms. The average molecular weight is 529 g/mol. The summed E-state index contributed by atoms with van der Waals surface area (Å²) in [5.41, 5.74) is 5.15. The standard InChI is InChI=1S/C30H29FN4O2S/c1-3-10-32-18-21-5-4-6-25(35-21)29-16-26-30(38-29)28(9-11-33-26)37-27-8-7-20(14-24(27)31)13-23(36)15-22-12-19(2)17-34-22/h4-9,11-12,14,16,32H,3,10,13,15,17-18H2,1-2H3. The van der Waals surface area contributed by atoms with Crippen LogP contribution in [0.4, 0.5) is 4.39 Å². The van der Waals surface area contributed by atoms with Gasteiger partial charge in [0.05, 0.1) is 33.0 Å². The first-order valence-electron chi connectivity index (χ1n) is 12.7. The van der Waals surface area contributed by atoms with Crippen molar-refractivity contribution < 1.29 is 13.9 Å². The van der Waals surface area contributed by atoms with Crippen molar-refractivity contribution in [3.63, 3.8) is 0 Å². The van der Waals surface area contributed by atoms with Crippen LogP contribution in [0, 0.1) is 5.82 Å². The van der Waals surface area contributed by atoms with Crippen LogP contribution in [0.25, 0.3) is 20.8 Å². The van der Waals surface area contributed by atoms with E-state index in [9.17, 15) is 9.18 Å². The molecule has 0 saturated carbocycles. The summed E-state index contributed by atoms with van der Waals surface area (Å²) in [6.45, 7) is 6.43. The molecule has 0 atom stereocenters. The number of carbonyl (C=O) groups excluding carboxylic acids is 1. The van der Waals surface area contributed by atoms with Gasteiger partial charge < -0.3 is 10.1 Å². The van der Waals surface area contributed by atoms with Crippen LogP contribution < -0.4 is 10.1 Å². The normalized spacial score (nSPS) is 13.0. The van der Waals surface area contributed by atoms with Crippen molar-refractivity contribution in [2.24, 2.45) is 4.99 Å². The second kappa shape index (κ2) is 11.8. The van der Waals surface area contributed by atoms with Gasteiger partial charge in [-0.1, -0.05) is 24.6 Å². The van der Waals surface area contributed by atoms with Crippen LogP contribution in [-0.4, -0.2) is 34.6 Å². The molecular formula is C30H29FN4O2S. The van der Waals surface area contributed by atoms with Crippen molar-refractivity contribution in [3.8, 4) is 22.1 Å². The topological polar surface area (TPSA) is 76.5 Å². The third kappa shape index (κ3) is 6.20. The average Bonchev–Trinajstić information content (AvgIpc) is 3.52. The fourth-order valence-electron chi connectivity index (χ4n) is 4.29. The zero-order chi connectivity index (χ0) is 26.5. The number of hydrogen-bond acceptors (Lipinski definition) is 7. The number of fused-ring (bicyclic) bond motifs is 1. The molecule has 4 heterocycles. The van der Waals surface area contributed by atoms with E-state index in [1.807, 2.05) is 37.3 Å². The summed E-state index contributed by atoms with van der Waals surface area (Å²) in [6, 6.07) is 14.4. The van der Waals surface area contributed by atoms with Gasteiger partial charge in [0.1, 0.15) is 11.5 Å². The van der Waals surface area contributed by atoms with Crippen LogP contribution in [-0.2, 0) is 17.8 Å². The van der Waals surface area contributed by atoms with Gasteiger partial charge in [-0.05, 0) is 61.9 Å². The molecule has 6 nitrogen and oxygen atoms in total. The molecule has 194 valence electrons. The molecule has 0 fully saturated rings. The Morgan fingerprint density at radius 3 is 2.82 bits per heavy atom. The third-order valence-electron chi connectivity index (χ3n) is 6.11. The lowest BCUT2D eigenvalue weighted by atomic mass is 10.0. The van der Waals surface area contributed by atoms with Crippen molar-refractivity contribution in [1.29, 1.82) is 0 Å². The highest BCUT2D eigenvalue weighted by molar-refractivity contribution is 7.22. The molecule has 0 amide bonds. The SMILES string of the molecule is CCCNCc1cccc(-c2cc3nccc(Oc4ccc(CC(=O)CC5=NCC(C)=C5)cc4F)c3s2)n1. The maximum Gasteiger partial charge on any atom is 0.166 e. The highest BCUT2D eigenvalue weighted by atomic mass is 32.1. The third-order valence-corrected chi connectivity index (χ3v) is 7.27. The van der Waals surface area contributed by atoms with Crippen molar-refractivity contribution in [2.75, 3.05) is 13.1 Å². The molecule has 0 unspecified atom stereocenters. The number of allylic oxidation sites excluding steroid dienone is 1. The Bertz CT molecular complexity index is 1540. The molecule has 0 spiro atoms. The molecule has 4 aromatic rings. The number of Topliss-reactive ketones (excluding diaryl/α,β-unsaturated/α-hetero) is 1. The molecule has 0 aliphatic carbocycles. The molecule has 0 saturated heterocycles. The van der Waals surface area contributed by atoms with Gasteiger partial charge in [-0.25, -0.2) is 4.39 Å². The summed E-state index contributed by atoms with van der Waals surface area (Å²) < 4.78 is 21.8. The predicted octanol–water partition coefficient (Wildman–Crippen LogP) is 6.69. The number of thiophene rings is 1. The first kappa shape index (κ1) is 25.9. The van der Waals surface area contributed by atoms with Crippen molar-refractivity contribution in [3.05, 3.63) is 83.5 Å². The highest BCUT2D eigenvalue weighted by Gasteiger charge is 2.16. The maximum absolute atomic E-state index is 15.0. The number of rotatable bonds is 11. The van der Waals surface area contributed by atoms with E-state index in [1.54, 1.807) is 24.4 Å². The summed E-state index contributed by atoms with van der Waals surface area (Å²) in [6.07, 6.45) is 5.08. The second-order valence-electron chi connectivity index (χ2n) is 9.38. The zero-order valence-electron chi connectivity index (χ0n) is 21.5. The Labute approximate surface area is 225 Å². The van der Waals surface area contributed by atoms with Gasteiger partial charge in [0.15, 0.2) is 11.6 Å². The smallest absolute Gasteiger partial charge is 0.166 e.